The van der Waals surface area contributed by atoms with E-state index >= 15 is 0 Å². The van der Waals surface area contributed by atoms with Gasteiger partial charge in [0.25, 0.3) is 0 Å². The van der Waals surface area contributed by atoms with Gasteiger partial charge in [-0.2, -0.15) is 0 Å². The molecule has 0 radical (unpaired) electrons. The summed E-state index contributed by atoms with van der Waals surface area (Å²) in [7, 11) is 0. The lowest BCUT2D eigenvalue weighted by molar-refractivity contribution is -0.126. The van der Waals surface area contributed by atoms with Crippen molar-refractivity contribution in [2.45, 2.75) is 38.1 Å². The lowest BCUT2D eigenvalue weighted by Gasteiger charge is -2.24. The van der Waals surface area contributed by atoms with E-state index in [1.807, 2.05) is 25.1 Å². The van der Waals surface area contributed by atoms with Crippen molar-refractivity contribution in [1.29, 1.82) is 0 Å². The third-order valence-electron chi connectivity index (χ3n) is 3.85. The van der Waals surface area contributed by atoms with Gasteiger partial charge in [0.05, 0.1) is 5.54 Å². The minimum atomic E-state index is -0.698. The van der Waals surface area contributed by atoms with E-state index in [0.717, 1.165) is 12.8 Å². The quantitative estimate of drug-likeness (QED) is 0.835. The van der Waals surface area contributed by atoms with Crippen molar-refractivity contribution in [3.8, 4) is 0 Å². The molecule has 2 rings (SSSR count). The summed E-state index contributed by atoms with van der Waals surface area (Å²) in [6.45, 7) is 4.59. The molecule has 0 saturated heterocycles. The first kappa shape index (κ1) is 13.1. The van der Waals surface area contributed by atoms with E-state index in [2.05, 4.69) is 24.4 Å². The molecule has 0 bridgehead atoms. The van der Waals surface area contributed by atoms with Gasteiger partial charge >= 0.3 is 0 Å². The molecule has 0 aromatic heterocycles. The Labute approximate surface area is 109 Å². The molecule has 3 nitrogen and oxygen atoms in total. The highest BCUT2D eigenvalue weighted by Gasteiger charge is 2.43. The average Bonchev–Trinajstić information content (AvgIpc) is 3.21. The van der Waals surface area contributed by atoms with E-state index in [1.165, 1.54) is 5.56 Å². The number of carbonyl (C=O) groups is 1. The molecule has 2 unspecified atom stereocenters. The lowest BCUT2D eigenvalue weighted by Crippen LogP contribution is -2.53. The van der Waals surface area contributed by atoms with Crippen LogP contribution in [0.15, 0.2) is 30.3 Å². The molecule has 1 aromatic carbocycles. The van der Waals surface area contributed by atoms with Gasteiger partial charge in [0.2, 0.25) is 5.91 Å². The second-order valence-corrected chi connectivity index (χ2v) is 5.58. The Bertz CT molecular complexity index is 410. The summed E-state index contributed by atoms with van der Waals surface area (Å²) in [5.74, 6) is 0.655. The molecule has 0 aliphatic heterocycles. The summed E-state index contributed by atoms with van der Waals surface area (Å²) in [6, 6.07) is 10.2. The van der Waals surface area contributed by atoms with Crippen LogP contribution < -0.4 is 11.1 Å². The molecule has 1 aliphatic rings. The molecular formula is C15H22N2O. The van der Waals surface area contributed by atoms with Crippen molar-refractivity contribution in [2.24, 2.45) is 11.7 Å². The molecule has 1 fully saturated rings. The molecule has 18 heavy (non-hydrogen) atoms. The summed E-state index contributed by atoms with van der Waals surface area (Å²) >= 11 is 0. The van der Waals surface area contributed by atoms with Gasteiger partial charge in [-0.25, -0.2) is 0 Å². The molecular weight excluding hydrogens is 224 g/mol. The van der Waals surface area contributed by atoms with Gasteiger partial charge in [-0.3, -0.25) is 4.79 Å². The molecule has 2 atom stereocenters. The van der Waals surface area contributed by atoms with E-state index in [0.29, 0.717) is 18.4 Å². The molecule has 0 heterocycles. The molecule has 1 saturated carbocycles. The first-order valence-electron chi connectivity index (χ1n) is 6.64. The third kappa shape index (κ3) is 2.91. The second-order valence-electron chi connectivity index (χ2n) is 5.58. The smallest absolute Gasteiger partial charge is 0.240 e. The third-order valence-corrected chi connectivity index (χ3v) is 3.85. The monoisotopic (exact) mass is 246 g/mol. The Balaban J connectivity index is 1.86. The van der Waals surface area contributed by atoms with Gasteiger partial charge in [-0.1, -0.05) is 37.3 Å². The van der Waals surface area contributed by atoms with Crippen LogP contribution in [-0.2, 0) is 4.79 Å². The van der Waals surface area contributed by atoms with Crippen LogP contribution in [0, 0.1) is 5.92 Å². The number of rotatable bonds is 5. The number of hydrogen-bond acceptors (Lipinski definition) is 2. The van der Waals surface area contributed by atoms with Gasteiger partial charge in [0, 0.05) is 6.54 Å². The van der Waals surface area contributed by atoms with Crippen molar-refractivity contribution in [3.05, 3.63) is 35.9 Å². The largest absolute Gasteiger partial charge is 0.354 e. The van der Waals surface area contributed by atoms with E-state index < -0.39 is 5.54 Å². The molecule has 3 heteroatoms. The van der Waals surface area contributed by atoms with Crippen LogP contribution in [0.3, 0.4) is 0 Å². The molecule has 1 aliphatic carbocycles. The van der Waals surface area contributed by atoms with Gasteiger partial charge in [-0.05, 0) is 37.2 Å². The minimum absolute atomic E-state index is 0.0206. The van der Waals surface area contributed by atoms with Crippen LogP contribution in [0.4, 0.5) is 0 Å². The molecule has 3 N–H and O–H groups in total. The van der Waals surface area contributed by atoms with Gasteiger partial charge in [0.1, 0.15) is 0 Å². The number of hydrogen-bond donors (Lipinski definition) is 2. The first-order chi connectivity index (χ1) is 8.51. The molecule has 1 aromatic rings. The Hall–Kier alpha value is -1.35. The van der Waals surface area contributed by atoms with E-state index in [9.17, 15) is 4.79 Å². The van der Waals surface area contributed by atoms with E-state index in [4.69, 9.17) is 5.73 Å². The predicted octanol–water partition coefficient (Wildman–Crippen LogP) is 2.03. The fourth-order valence-electron chi connectivity index (χ4n) is 2.20. The van der Waals surface area contributed by atoms with Crippen LogP contribution in [-0.4, -0.2) is 18.0 Å². The average molecular weight is 246 g/mol. The van der Waals surface area contributed by atoms with Gasteiger partial charge < -0.3 is 11.1 Å². The molecule has 1 amide bonds. The number of benzene rings is 1. The zero-order valence-corrected chi connectivity index (χ0v) is 11.1. The zero-order chi connectivity index (χ0) is 13.2. The summed E-state index contributed by atoms with van der Waals surface area (Å²) in [5.41, 5.74) is 6.62. The van der Waals surface area contributed by atoms with Crippen molar-refractivity contribution in [2.75, 3.05) is 6.54 Å². The molecule has 0 spiro atoms. The highest BCUT2D eigenvalue weighted by atomic mass is 16.2. The Morgan fingerprint density at radius 1 is 1.44 bits per heavy atom. The predicted molar refractivity (Wildman–Crippen MR) is 73.2 cm³/mol. The SMILES string of the molecule is CC(CNC(=O)C(C)(N)C1CC1)c1ccccc1. The maximum atomic E-state index is 12.0. The standard InChI is InChI=1S/C15H22N2O/c1-11(12-6-4-3-5-7-12)10-17-14(18)15(2,16)13-8-9-13/h3-7,11,13H,8-10,16H2,1-2H3,(H,17,18). The second kappa shape index (κ2) is 5.11. The van der Waals surface area contributed by atoms with Crippen molar-refractivity contribution in [1.82, 2.24) is 5.32 Å². The van der Waals surface area contributed by atoms with Crippen LogP contribution in [0.1, 0.15) is 38.2 Å². The van der Waals surface area contributed by atoms with Crippen molar-refractivity contribution in [3.63, 3.8) is 0 Å². The van der Waals surface area contributed by atoms with Crippen molar-refractivity contribution < 1.29 is 4.79 Å². The van der Waals surface area contributed by atoms with Crippen molar-refractivity contribution >= 4 is 5.91 Å². The lowest BCUT2D eigenvalue weighted by atomic mass is 9.95. The van der Waals surface area contributed by atoms with Crippen LogP contribution in [0.2, 0.25) is 0 Å². The Kier molecular flexibility index (Phi) is 3.71. The fraction of sp³-hybridized carbons (Fsp3) is 0.533. The minimum Gasteiger partial charge on any atom is -0.354 e. The van der Waals surface area contributed by atoms with Crippen LogP contribution in [0.25, 0.3) is 0 Å². The summed E-state index contributed by atoms with van der Waals surface area (Å²) in [6.07, 6.45) is 2.16. The maximum Gasteiger partial charge on any atom is 0.240 e. The van der Waals surface area contributed by atoms with E-state index in [-0.39, 0.29) is 5.91 Å². The number of carbonyl (C=O) groups excluding carboxylic acids is 1. The Morgan fingerprint density at radius 3 is 2.61 bits per heavy atom. The van der Waals surface area contributed by atoms with Crippen LogP contribution >= 0.6 is 0 Å². The maximum absolute atomic E-state index is 12.0. The zero-order valence-electron chi connectivity index (χ0n) is 11.1. The van der Waals surface area contributed by atoms with Crippen LogP contribution in [0.5, 0.6) is 0 Å². The summed E-state index contributed by atoms with van der Waals surface area (Å²) < 4.78 is 0. The highest BCUT2D eigenvalue weighted by Crippen LogP contribution is 2.38. The van der Waals surface area contributed by atoms with E-state index in [1.54, 1.807) is 0 Å². The fourth-order valence-corrected chi connectivity index (χ4v) is 2.20. The normalized spacial score (nSPS) is 19.9. The number of nitrogens with two attached hydrogens (primary N) is 1. The topological polar surface area (TPSA) is 55.1 Å². The summed E-state index contributed by atoms with van der Waals surface area (Å²) in [4.78, 5) is 12.0. The number of nitrogens with one attached hydrogen (secondary N) is 1. The van der Waals surface area contributed by atoms with Gasteiger partial charge in [0.15, 0.2) is 0 Å². The van der Waals surface area contributed by atoms with Gasteiger partial charge in [-0.15, -0.1) is 0 Å². The highest BCUT2D eigenvalue weighted by molar-refractivity contribution is 5.86. The molecule has 98 valence electrons. The number of amides is 1. The Morgan fingerprint density at radius 2 is 2.06 bits per heavy atom. The summed E-state index contributed by atoms with van der Waals surface area (Å²) in [5, 5.41) is 2.98. The first-order valence-corrected chi connectivity index (χ1v) is 6.64.